The van der Waals surface area contributed by atoms with Crippen LogP contribution >= 0.6 is 0 Å². The second-order valence-corrected chi connectivity index (χ2v) is 4.54. The molecule has 0 aliphatic rings. The minimum atomic E-state index is -0.614. The lowest BCUT2D eigenvalue weighted by molar-refractivity contribution is -0.125. The van der Waals surface area contributed by atoms with Crippen LogP contribution in [0.15, 0.2) is 30.3 Å². The number of carbonyl (C=O) groups is 2. The maximum absolute atomic E-state index is 11.5. The monoisotopic (exact) mass is 264 g/mol. The van der Waals surface area contributed by atoms with Crippen LogP contribution in [0.4, 0.5) is 0 Å². The Morgan fingerprint density at radius 2 is 1.89 bits per heavy atom. The molecular formula is C14H20N2O3. The molecule has 3 N–H and O–H groups in total. The summed E-state index contributed by atoms with van der Waals surface area (Å²) in [6, 6.07) is 9.12. The molecule has 0 fully saturated rings. The minimum Gasteiger partial charge on any atom is -0.388 e. The summed E-state index contributed by atoms with van der Waals surface area (Å²) < 4.78 is 0. The van der Waals surface area contributed by atoms with Crippen molar-refractivity contribution in [1.29, 1.82) is 0 Å². The highest BCUT2D eigenvalue weighted by atomic mass is 16.3. The highest BCUT2D eigenvalue weighted by Crippen LogP contribution is 2.17. The molecule has 0 spiro atoms. The number of hydrogen-bond donors (Lipinski definition) is 3. The normalized spacial score (nSPS) is 13.4. The standard InChI is InChI=1S/C14H20N2O3/c1-10(16-14(19)9-15-11(2)17)8-13(18)12-6-4-3-5-7-12/h3-7,10,13,18H,8-9H2,1-2H3,(H,15,17)(H,16,19). The molecule has 5 heteroatoms. The fourth-order valence-electron chi connectivity index (χ4n) is 1.74. The molecule has 2 unspecified atom stereocenters. The van der Waals surface area contributed by atoms with Crippen LogP contribution in [0.1, 0.15) is 31.9 Å². The van der Waals surface area contributed by atoms with E-state index >= 15 is 0 Å². The molecule has 0 aliphatic carbocycles. The maximum atomic E-state index is 11.5. The lowest BCUT2D eigenvalue weighted by Gasteiger charge is -2.18. The number of amides is 2. The van der Waals surface area contributed by atoms with Gasteiger partial charge >= 0.3 is 0 Å². The van der Waals surface area contributed by atoms with Gasteiger partial charge in [-0.05, 0) is 18.9 Å². The van der Waals surface area contributed by atoms with E-state index in [1.807, 2.05) is 37.3 Å². The summed E-state index contributed by atoms with van der Waals surface area (Å²) in [5.74, 6) is -0.505. The summed E-state index contributed by atoms with van der Waals surface area (Å²) in [6.45, 7) is 3.13. The van der Waals surface area contributed by atoms with Crippen molar-refractivity contribution in [2.75, 3.05) is 6.54 Å². The first kappa shape index (κ1) is 15.2. The predicted octanol–water partition coefficient (Wildman–Crippen LogP) is 0.751. The van der Waals surface area contributed by atoms with Crippen LogP contribution in [0.25, 0.3) is 0 Å². The SMILES string of the molecule is CC(=O)NCC(=O)NC(C)CC(O)c1ccccc1. The van der Waals surface area contributed by atoms with Gasteiger partial charge in [0.1, 0.15) is 0 Å². The van der Waals surface area contributed by atoms with Crippen molar-refractivity contribution < 1.29 is 14.7 Å². The summed E-state index contributed by atoms with van der Waals surface area (Å²) in [5, 5.41) is 15.1. The average molecular weight is 264 g/mol. The topological polar surface area (TPSA) is 78.4 Å². The van der Waals surface area contributed by atoms with Gasteiger partial charge in [-0.3, -0.25) is 9.59 Å². The van der Waals surface area contributed by atoms with Gasteiger partial charge < -0.3 is 15.7 Å². The van der Waals surface area contributed by atoms with E-state index in [-0.39, 0.29) is 24.4 Å². The fourth-order valence-corrected chi connectivity index (χ4v) is 1.74. The second kappa shape index (κ2) is 7.53. The Bertz CT molecular complexity index is 420. The van der Waals surface area contributed by atoms with E-state index in [1.54, 1.807) is 0 Å². The first-order valence-corrected chi connectivity index (χ1v) is 6.26. The Hall–Kier alpha value is -1.88. The summed E-state index contributed by atoms with van der Waals surface area (Å²) in [4.78, 5) is 22.1. The third-order valence-electron chi connectivity index (χ3n) is 2.67. The van der Waals surface area contributed by atoms with E-state index in [9.17, 15) is 14.7 Å². The van der Waals surface area contributed by atoms with E-state index in [0.717, 1.165) is 5.56 Å². The number of aliphatic hydroxyl groups excluding tert-OH is 1. The summed E-state index contributed by atoms with van der Waals surface area (Å²) in [7, 11) is 0. The lowest BCUT2D eigenvalue weighted by atomic mass is 10.0. The number of nitrogens with one attached hydrogen (secondary N) is 2. The van der Waals surface area contributed by atoms with Crippen LogP contribution in [0, 0.1) is 0 Å². The van der Waals surface area contributed by atoms with Crippen molar-refractivity contribution in [1.82, 2.24) is 10.6 Å². The summed E-state index contributed by atoms with van der Waals surface area (Å²) in [5.41, 5.74) is 0.824. The Kier molecular flexibility index (Phi) is 6.02. The number of benzene rings is 1. The molecule has 104 valence electrons. The van der Waals surface area contributed by atoms with Gasteiger partial charge in [-0.2, -0.15) is 0 Å². The van der Waals surface area contributed by atoms with Crippen LogP contribution in [-0.2, 0) is 9.59 Å². The molecule has 1 aromatic carbocycles. The first-order valence-electron chi connectivity index (χ1n) is 6.26. The highest BCUT2D eigenvalue weighted by Gasteiger charge is 2.14. The van der Waals surface area contributed by atoms with Gasteiger partial charge in [0.25, 0.3) is 0 Å². The quantitative estimate of drug-likeness (QED) is 0.709. The second-order valence-electron chi connectivity index (χ2n) is 4.54. The van der Waals surface area contributed by atoms with E-state index < -0.39 is 6.10 Å². The maximum Gasteiger partial charge on any atom is 0.239 e. The van der Waals surface area contributed by atoms with Crippen LogP contribution < -0.4 is 10.6 Å². The van der Waals surface area contributed by atoms with Crippen molar-refractivity contribution in [3.05, 3.63) is 35.9 Å². The molecule has 0 radical (unpaired) electrons. The van der Waals surface area contributed by atoms with Gasteiger partial charge in [-0.25, -0.2) is 0 Å². The molecule has 0 saturated carbocycles. The third-order valence-corrected chi connectivity index (χ3v) is 2.67. The van der Waals surface area contributed by atoms with Gasteiger partial charge in [0.15, 0.2) is 0 Å². The largest absolute Gasteiger partial charge is 0.388 e. The Morgan fingerprint density at radius 1 is 1.26 bits per heavy atom. The molecule has 2 amide bonds. The predicted molar refractivity (Wildman–Crippen MR) is 72.3 cm³/mol. The van der Waals surface area contributed by atoms with Crippen molar-refractivity contribution >= 4 is 11.8 Å². The summed E-state index contributed by atoms with van der Waals surface area (Å²) in [6.07, 6.45) is -0.187. The van der Waals surface area contributed by atoms with Crippen LogP contribution in [0.5, 0.6) is 0 Å². The molecule has 1 rings (SSSR count). The van der Waals surface area contributed by atoms with Crippen molar-refractivity contribution in [2.45, 2.75) is 32.4 Å². The molecule has 0 aliphatic heterocycles. The van der Waals surface area contributed by atoms with Crippen molar-refractivity contribution in [3.8, 4) is 0 Å². The number of hydrogen-bond acceptors (Lipinski definition) is 3. The molecule has 0 heterocycles. The van der Waals surface area contributed by atoms with Crippen LogP contribution in [0.2, 0.25) is 0 Å². The first-order chi connectivity index (χ1) is 8.99. The minimum absolute atomic E-state index is 0.0406. The molecule has 0 aromatic heterocycles. The molecule has 2 atom stereocenters. The summed E-state index contributed by atoms with van der Waals surface area (Å²) >= 11 is 0. The van der Waals surface area contributed by atoms with Gasteiger partial charge in [-0.1, -0.05) is 30.3 Å². The van der Waals surface area contributed by atoms with Gasteiger partial charge in [0.2, 0.25) is 11.8 Å². The lowest BCUT2D eigenvalue weighted by Crippen LogP contribution is -2.40. The third kappa shape index (κ3) is 6.01. The van der Waals surface area contributed by atoms with E-state index in [0.29, 0.717) is 6.42 Å². The Morgan fingerprint density at radius 3 is 2.47 bits per heavy atom. The van der Waals surface area contributed by atoms with E-state index in [4.69, 9.17) is 0 Å². The van der Waals surface area contributed by atoms with Gasteiger partial charge in [0.05, 0.1) is 12.6 Å². The molecule has 5 nitrogen and oxygen atoms in total. The molecule has 0 saturated heterocycles. The number of rotatable bonds is 6. The van der Waals surface area contributed by atoms with Crippen molar-refractivity contribution in [3.63, 3.8) is 0 Å². The molecule has 0 bridgehead atoms. The Balaban J connectivity index is 2.36. The molecule has 1 aromatic rings. The molecular weight excluding hydrogens is 244 g/mol. The van der Waals surface area contributed by atoms with Crippen molar-refractivity contribution in [2.24, 2.45) is 0 Å². The zero-order valence-corrected chi connectivity index (χ0v) is 11.2. The highest BCUT2D eigenvalue weighted by molar-refractivity contribution is 5.83. The van der Waals surface area contributed by atoms with Gasteiger partial charge in [0, 0.05) is 13.0 Å². The van der Waals surface area contributed by atoms with Crippen LogP contribution in [-0.4, -0.2) is 29.5 Å². The number of aliphatic hydroxyl groups is 1. The van der Waals surface area contributed by atoms with E-state index in [2.05, 4.69) is 10.6 Å². The fraction of sp³-hybridized carbons (Fsp3) is 0.429. The van der Waals surface area contributed by atoms with Gasteiger partial charge in [-0.15, -0.1) is 0 Å². The zero-order valence-electron chi connectivity index (χ0n) is 11.2. The average Bonchev–Trinajstić information content (AvgIpc) is 2.37. The zero-order chi connectivity index (χ0) is 14.3. The number of carbonyl (C=O) groups excluding carboxylic acids is 2. The van der Waals surface area contributed by atoms with E-state index in [1.165, 1.54) is 6.92 Å². The molecule has 19 heavy (non-hydrogen) atoms. The smallest absolute Gasteiger partial charge is 0.239 e. The van der Waals surface area contributed by atoms with Crippen LogP contribution in [0.3, 0.4) is 0 Å². The Labute approximate surface area is 113 Å².